The zero-order valence-electron chi connectivity index (χ0n) is 12.0. The van der Waals surface area contributed by atoms with Crippen LogP contribution in [-0.2, 0) is 41.7 Å². The van der Waals surface area contributed by atoms with E-state index in [1.165, 1.54) is 23.2 Å². The van der Waals surface area contributed by atoms with Gasteiger partial charge in [-0.25, -0.2) is 0 Å². The average Bonchev–Trinajstić information content (AvgIpc) is 2.52. The molecule has 3 nitrogen and oxygen atoms in total. The first-order chi connectivity index (χ1) is 9.95. The number of nitrogens with zero attached hydrogens (tertiary/aromatic N) is 3. The number of aromatic nitrogens is 2. The maximum atomic E-state index is 4.55. The van der Waals surface area contributed by atoms with Crippen molar-refractivity contribution in [3.05, 3.63) is 65.5 Å². The monoisotopic (exact) mass is 350 g/mol. The number of pyridine rings is 2. The van der Waals surface area contributed by atoms with E-state index in [2.05, 4.69) is 27.4 Å². The van der Waals surface area contributed by atoms with Crippen LogP contribution in [0.25, 0.3) is 5.32 Å². The van der Waals surface area contributed by atoms with Crippen LogP contribution >= 0.6 is 0 Å². The van der Waals surface area contributed by atoms with Gasteiger partial charge in [-0.3, -0.25) is 9.97 Å². The SMILES string of the molecule is [Cu+2].c1ccc(CC[N-]CC[SH+]CCc2ccccn2)nc1. The molecule has 0 saturated carbocycles. The molecule has 5 heteroatoms. The minimum Gasteiger partial charge on any atom is -0.658 e. The second kappa shape index (κ2) is 11.8. The molecular formula is C16H21CuN3S+2. The first-order valence-electron chi connectivity index (χ1n) is 7.01. The number of thiol groups is 1. The Morgan fingerprint density at radius 1 is 0.810 bits per heavy atom. The summed E-state index contributed by atoms with van der Waals surface area (Å²) in [5, 5.41) is 4.55. The standard InChI is InChI=1S/C16H20N3S.Cu/c1-3-9-18-15(5-1)7-11-17-12-14-20-13-8-16-6-2-4-10-19-16;/h1-6,9-10H,7-8,11-14H2;/q-1;+2/p+1. The molecule has 0 spiro atoms. The van der Waals surface area contributed by atoms with Gasteiger partial charge >= 0.3 is 17.1 Å². The molecule has 0 N–H and O–H groups in total. The Balaban J connectivity index is 0.00000220. The van der Waals surface area contributed by atoms with Crippen molar-refractivity contribution < 1.29 is 17.1 Å². The Hall–Kier alpha value is -0.871. The third kappa shape index (κ3) is 8.22. The summed E-state index contributed by atoms with van der Waals surface area (Å²) in [6, 6.07) is 12.1. The molecule has 2 aromatic heterocycles. The fraction of sp³-hybridized carbons (Fsp3) is 0.375. The zero-order chi connectivity index (χ0) is 13.9. The van der Waals surface area contributed by atoms with E-state index in [1.807, 2.05) is 36.7 Å². The van der Waals surface area contributed by atoms with Crippen molar-refractivity contribution >= 4 is 11.8 Å². The van der Waals surface area contributed by atoms with Crippen molar-refractivity contribution in [1.29, 1.82) is 0 Å². The van der Waals surface area contributed by atoms with Gasteiger partial charge in [0.1, 0.15) is 5.75 Å². The van der Waals surface area contributed by atoms with Crippen LogP contribution < -0.4 is 0 Å². The van der Waals surface area contributed by atoms with E-state index in [0.29, 0.717) is 0 Å². The van der Waals surface area contributed by atoms with Gasteiger partial charge in [0.15, 0.2) is 0 Å². The zero-order valence-corrected chi connectivity index (χ0v) is 13.8. The summed E-state index contributed by atoms with van der Waals surface area (Å²) >= 11 is 1.47. The molecule has 0 saturated heterocycles. The number of aryl methyl sites for hydroxylation is 1. The van der Waals surface area contributed by atoms with Crippen molar-refractivity contribution in [2.24, 2.45) is 0 Å². The van der Waals surface area contributed by atoms with Crippen LogP contribution in [0.3, 0.4) is 0 Å². The van der Waals surface area contributed by atoms with Crippen molar-refractivity contribution in [1.82, 2.24) is 9.97 Å². The molecule has 0 unspecified atom stereocenters. The number of hydrogen-bond donors (Lipinski definition) is 0. The molecule has 0 aliphatic carbocycles. The second-order valence-corrected chi connectivity index (χ2v) is 5.83. The van der Waals surface area contributed by atoms with Gasteiger partial charge in [-0.2, -0.15) is 0 Å². The summed E-state index contributed by atoms with van der Waals surface area (Å²) in [6.07, 6.45) is 5.72. The Labute approximate surface area is 141 Å². The summed E-state index contributed by atoms with van der Waals surface area (Å²) < 4.78 is 0. The Morgan fingerprint density at radius 3 is 2.10 bits per heavy atom. The predicted octanol–water partition coefficient (Wildman–Crippen LogP) is 2.45. The largest absolute Gasteiger partial charge is 2.00 e. The van der Waals surface area contributed by atoms with E-state index in [4.69, 9.17) is 0 Å². The first-order valence-corrected chi connectivity index (χ1v) is 8.28. The third-order valence-corrected chi connectivity index (χ3v) is 3.98. The predicted molar refractivity (Wildman–Crippen MR) is 87.5 cm³/mol. The van der Waals surface area contributed by atoms with E-state index < -0.39 is 0 Å². The van der Waals surface area contributed by atoms with Crippen molar-refractivity contribution in [3.63, 3.8) is 0 Å². The van der Waals surface area contributed by atoms with Crippen LogP contribution in [0.1, 0.15) is 11.4 Å². The van der Waals surface area contributed by atoms with E-state index in [-0.39, 0.29) is 17.1 Å². The third-order valence-electron chi connectivity index (χ3n) is 2.92. The van der Waals surface area contributed by atoms with Gasteiger partial charge in [0.25, 0.3) is 0 Å². The smallest absolute Gasteiger partial charge is 0.658 e. The van der Waals surface area contributed by atoms with Crippen molar-refractivity contribution in [2.75, 3.05) is 24.6 Å². The van der Waals surface area contributed by atoms with Crippen LogP contribution in [-0.4, -0.2) is 34.6 Å². The molecule has 0 aliphatic rings. The van der Waals surface area contributed by atoms with E-state index >= 15 is 0 Å². The minimum absolute atomic E-state index is 0. The van der Waals surface area contributed by atoms with Crippen LogP contribution in [0, 0.1) is 0 Å². The molecule has 0 fully saturated rings. The molecule has 2 heterocycles. The maximum Gasteiger partial charge on any atom is 2.00 e. The van der Waals surface area contributed by atoms with Gasteiger partial charge in [0, 0.05) is 30.2 Å². The van der Waals surface area contributed by atoms with E-state index in [0.717, 1.165) is 37.4 Å². The van der Waals surface area contributed by atoms with Gasteiger partial charge in [0.2, 0.25) is 0 Å². The molecule has 2 rings (SSSR count). The van der Waals surface area contributed by atoms with Gasteiger partial charge in [-0.1, -0.05) is 12.1 Å². The summed E-state index contributed by atoms with van der Waals surface area (Å²) in [6.45, 7) is 1.84. The van der Waals surface area contributed by atoms with Crippen LogP contribution in [0.15, 0.2) is 48.8 Å². The topological polar surface area (TPSA) is 39.9 Å². The molecule has 1 radical (unpaired) electrons. The van der Waals surface area contributed by atoms with Crippen molar-refractivity contribution in [2.45, 2.75) is 12.8 Å². The van der Waals surface area contributed by atoms with Gasteiger partial charge in [-0.15, -0.1) is 13.1 Å². The normalized spacial score (nSPS) is 10.1. The Morgan fingerprint density at radius 2 is 1.48 bits per heavy atom. The van der Waals surface area contributed by atoms with Crippen LogP contribution in [0.2, 0.25) is 0 Å². The molecule has 2 aromatic rings. The summed E-state index contributed by atoms with van der Waals surface area (Å²) in [5.41, 5.74) is 2.32. The first kappa shape index (κ1) is 18.2. The summed E-state index contributed by atoms with van der Waals surface area (Å²) in [4.78, 5) is 8.62. The van der Waals surface area contributed by atoms with Crippen molar-refractivity contribution in [3.8, 4) is 0 Å². The average molecular weight is 351 g/mol. The fourth-order valence-electron chi connectivity index (χ4n) is 1.84. The molecule has 115 valence electrons. The Bertz CT molecular complexity index is 422. The van der Waals surface area contributed by atoms with E-state index in [9.17, 15) is 0 Å². The quantitative estimate of drug-likeness (QED) is 0.301. The summed E-state index contributed by atoms with van der Waals surface area (Å²) in [5.74, 6) is 2.32. The minimum atomic E-state index is 0. The molecule has 0 aromatic carbocycles. The second-order valence-electron chi connectivity index (χ2n) is 4.48. The van der Waals surface area contributed by atoms with E-state index in [1.54, 1.807) is 0 Å². The van der Waals surface area contributed by atoms with Gasteiger partial charge in [0.05, 0.1) is 5.75 Å². The molecule has 0 amide bonds. The molecule has 0 bridgehead atoms. The molecule has 21 heavy (non-hydrogen) atoms. The maximum absolute atomic E-state index is 4.55. The van der Waals surface area contributed by atoms with Gasteiger partial charge in [-0.05, 0) is 42.4 Å². The Kier molecular flexibility index (Phi) is 10.2. The molecule has 0 aliphatic heterocycles. The van der Waals surface area contributed by atoms with Crippen LogP contribution in [0.4, 0.5) is 0 Å². The molecule has 0 atom stereocenters. The van der Waals surface area contributed by atoms with Gasteiger partial charge < -0.3 is 5.32 Å². The fourth-order valence-corrected chi connectivity index (χ4v) is 2.74. The summed E-state index contributed by atoms with van der Waals surface area (Å²) in [7, 11) is 0. The molecular weight excluding hydrogens is 330 g/mol. The van der Waals surface area contributed by atoms with Crippen LogP contribution in [0.5, 0.6) is 0 Å². The number of hydrogen-bond acceptors (Lipinski definition) is 2. The number of rotatable bonds is 9.